The van der Waals surface area contributed by atoms with Crippen molar-refractivity contribution in [2.75, 3.05) is 31.6 Å². The van der Waals surface area contributed by atoms with Crippen LogP contribution in [0.1, 0.15) is 40.0 Å². The van der Waals surface area contributed by atoms with Crippen LogP contribution < -0.4 is 10.6 Å². The summed E-state index contributed by atoms with van der Waals surface area (Å²) in [7, 11) is 0. The third-order valence-corrected chi connectivity index (χ3v) is 6.84. The molecule has 0 heterocycles. The Kier molecular flexibility index (Phi) is 5.88. The maximum atomic E-state index is 11.7. The largest absolute Gasteiger partial charge is 0.448 e. The Morgan fingerprint density at radius 1 is 1.15 bits per heavy atom. The van der Waals surface area contributed by atoms with Gasteiger partial charge in [0, 0.05) is 18.8 Å². The Morgan fingerprint density at radius 2 is 1.88 bits per heavy atom. The maximum absolute atomic E-state index is 11.7. The Balaban J connectivity index is 1.25. The first-order valence-electron chi connectivity index (χ1n) is 9.74. The second-order valence-corrected chi connectivity index (χ2v) is 8.35. The second kappa shape index (κ2) is 7.97. The second-order valence-electron chi connectivity index (χ2n) is 8.35. The number of hydrogen-bond donors (Lipinski definition) is 2. The van der Waals surface area contributed by atoms with Gasteiger partial charge >= 0.3 is 6.09 Å². The number of para-hydroxylation sites is 1. The van der Waals surface area contributed by atoms with Crippen molar-refractivity contribution < 1.29 is 14.3 Å². The van der Waals surface area contributed by atoms with Crippen molar-refractivity contribution >= 4 is 11.8 Å². The molecule has 0 aliphatic heterocycles. The number of benzene rings is 1. The predicted molar refractivity (Wildman–Crippen MR) is 103 cm³/mol. The number of hydrogen-bond acceptors (Lipinski definition) is 4. The molecule has 1 aromatic carbocycles. The molecule has 2 N–H and O–H groups in total. The standard InChI is InChI=1S/C21H32N2O3/c1-20(2)16-9-10-21(20,3)18(15-16)25-13-11-22-12-14-26-19(24)23-17-7-5-4-6-8-17/h4-8,16,18,22H,9-15H2,1-3H3,(H,23,24)/t16-,18-,21-/m0/s1. The number of anilines is 1. The lowest BCUT2D eigenvalue weighted by atomic mass is 9.70. The molecule has 2 fully saturated rings. The van der Waals surface area contributed by atoms with Gasteiger partial charge in [0.25, 0.3) is 0 Å². The Labute approximate surface area is 156 Å². The zero-order chi connectivity index (χ0) is 18.6. The lowest BCUT2D eigenvalue weighted by Gasteiger charge is -2.38. The summed E-state index contributed by atoms with van der Waals surface area (Å²) in [6.45, 7) is 9.67. The zero-order valence-corrected chi connectivity index (χ0v) is 16.2. The summed E-state index contributed by atoms with van der Waals surface area (Å²) in [6, 6.07) is 9.30. The molecule has 2 aliphatic carbocycles. The number of fused-ring (bicyclic) bond motifs is 2. The molecule has 2 aliphatic rings. The molecule has 2 saturated carbocycles. The van der Waals surface area contributed by atoms with Gasteiger partial charge in [0.1, 0.15) is 6.61 Å². The van der Waals surface area contributed by atoms with Crippen LogP contribution in [-0.4, -0.2) is 38.5 Å². The van der Waals surface area contributed by atoms with E-state index in [1.54, 1.807) is 0 Å². The topological polar surface area (TPSA) is 59.6 Å². The van der Waals surface area contributed by atoms with Crippen LogP contribution in [0.15, 0.2) is 30.3 Å². The fraction of sp³-hybridized carbons (Fsp3) is 0.667. The molecule has 1 aromatic rings. The lowest BCUT2D eigenvalue weighted by molar-refractivity contribution is -0.0450. The molecular formula is C21H32N2O3. The molecule has 0 saturated heterocycles. The molecule has 3 rings (SSSR count). The van der Waals surface area contributed by atoms with Crippen LogP contribution in [0.25, 0.3) is 0 Å². The zero-order valence-electron chi connectivity index (χ0n) is 16.2. The van der Waals surface area contributed by atoms with E-state index in [0.29, 0.717) is 36.7 Å². The van der Waals surface area contributed by atoms with Crippen molar-refractivity contribution in [3.05, 3.63) is 30.3 Å². The van der Waals surface area contributed by atoms with E-state index in [9.17, 15) is 4.79 Å². The van der Waals surface area contributed by atoms with Crippen molar-refractivity contribution in [3.63, 3.8) is 0 Å². The molecule has 0 spiro atoms. The highest BCUT2D eigenvalue weighted by atomic mass is 16.5. The van der Waals surface area contributed by atoms with Crippen LogP contribution in [0.5, 0.6) is 0 Å². The van der Waals surface area contributed by atoms with Crippen molar-refractivity contribution in [2.24, 2.45) is 16.7 Å². The predicted octanol–water partition coefficient (Wildman–Crippen LogP) is 4.06. The van der Waals surface area contributed by atoms with Gasteiger partial charge in [0.2, 0.25) is 0 Å². The molecule has 2 bridgehead atoms. The maximum Gasteiger partial charge on any atom is 0.411 e. The van der Waals surface area contributed by atoms with Gasteiger partial charge in [0.15, 0.2) is 0 Å². The summed E-state index contributed by atoms with van der Waals surface area (Å²) >= 11 is 0. The highest BCUT2D eigenvalue weighted by Gasteiger charge is 2.61. The monoisotopic (exact) mass is 360 g/mol. The van der Waals surface area contributed by atoms with Crippen LogP contribution in [0, 0.1) is 16.7 Å². The minimum atomic E-state index is -0.425. The van der Waals surface area contributed by atoms with Gasteiger partial charge < -0.3 is 14.8 Å². The first-order valence-corrected chi connectivity index (χ1v) is 9.74. The van der Waals surface area contributed by atoms with Gasteiger partial charge in [-0.3, -0.25) is 5.32 Å². The van der Waals surface area contributed by atoms with E-state index in [1.807, 2.05) is 30.3 Å². The highest BCUT2D eigenvalue weighted by molar-refractivity contribution is 5.84. The molecule has 0 radical (unpaired) electrons. The minimum absolute atomic E-state index is 0.316. The van der Waals surface area contributed by atoms with E-state index >= 15 is 0 Å². The number of carbonyl (C=O) groups excluding carboxylic acids is 1. The fourth-order valence-corrected chi connectivity index (χ4v) is 4.67. The SMILES string of the molecule is CC1(C)[C@H]2CC[C@@]1(C)[C@@H](OCCNCCOC(=O)Nc1ccccc1)C2. The van der Waals surface area contributed by atoms with E-state index in [0.717, 1.165) is 18.2 Å². The van der Waals surface area contributed by atoms with E-state index in [-0.39, 0.29) is 0 Å². The van der Waals surface area contributed by atoms with Crippen molar-refractivity contribution in [1.82, 2.24) is 5.32 Å². The summed E-state index contributed by atoms with van der Waals surface area (Å²) in [5.74, 6) is 0.807. The first-order chi connectivity index (χ1) is 12.4. The van der Waals surface area contributed by atoms with Crippen LogP contribution in [0.4, 0.5) is 10.5 Å². The minimum Gasteiger partial charge on any atom is -0.448 e. The number of carbonyl (C=O) groups is 1. The third kappa shape index (κ3) is 3.89. The molecule has 1 amide bonds. The molecule has 5 nitrogen and oxygen atoms in total. The summed E-state index contributed by atoms with van der Waals surface area (Å²) in [4.78, 5) is 11.7. The smallest absolute Gasteiger partial charge is 0.411 e. The summed E-state index contributed by atoms with van der Waals surface area (Å²) in [6.07, 6.45) is 3.79. The van der Waals surface area contributed by atoms with Crippen LogP contribution in [-0.2, 0) is 9.47 Å². The van der Waals surface area contributed by atoms with E-state index in [2.05, 4.69) is 31.4 Å². The van der Waals surface area contributed by atoms with Gasteiger partial charge in [-0.25, -0.2) is 4.79 Å². The van der Waals surface area contributed by atoms with E-state index in [1.165, 1.54) is 19.3 Å². The fourth-order valence-electron chi connectivity index (χ4n) is 4.67. The van der Waals surface area contributed by atoms with E-state index < -0.39 is 6.09 Å². The molecule has 26 heavy (non-hydrogen) atoms. The Morgan fingerprint density at radius 3 is 2.54 bits per heavy atom. The quantitative estimate of drug-likeness (QED) is 0.687. The highest BCUT2D eigenvalue weighted by Crippen LogP contribution is 2.66. The molecule has 5 heteroatoms. The third-order valence-electron chi connectivity index (χ3n) is 6.84. The molecular weight excluding hydrogens is 328 g/mol. The molecule has 0 unspecified atom stereocenters. The van der Waals surface area contributed by atoms with Crippen LogP contribution >= 0.6 is 0 Å². The molecule has 3 atom stereocenters. The van der Waals surface area contributed by atoms with Gasteiger partial charge in [-0.15, -0.1) is 0 Å². The lowest BCUT2D eigenvalue weighted by Crippen LogP contribution is -2.38. The van der Waals surface area contributed by atoms with Crippen molar-refractivity contribution in [2.45, 2.75) is 46.1 Å². The first kappa shape index (κ1) is 19.2. The van der Waals surface area contributed by atoms with Crippen molar-refractivity contribution in [3.8, 4) is 0 Å². The van der Waals surface area contributed by atoms with E-state index in [4.69, 9.17) is 9.47 Å². The van der Waals surface area contributed by atoms with Gasteiger partial charge in [0.05, 0.1) is 12.7 Å². The molecule has 144 valence electrons. The number of rotatable bonds is 8. The van der Waals surface area contributed by atoms with Gasteiger partial charge in [-0.2, -0.15) is 0 Å². The summed E-state index contributed by atoms with van der Waals surface area (Å²) < 4.78 is 11.4. The molecule has 0 aromatic heterocycles. The number of amides is 1. The van der Waals surface area contributed by atoms with Gasteiger partial charge in [-0.1, -0.05) is 39.0 Å². The number of nitrogens with one attached hydrogen (secondary N) is 2. The Bertz CT molecular complexity index is 605. The average Bonchev–Trinajstić information content (AvgIpc) is 2.95. The number of ether oxygens (including phenoxy) is 2. The van der Waals surface area contributed by atoms with Crippen LogP contribution in [0.2, 0.25) is 0 Å². The van der Waals surface area contributed by atoms with Crippen LogP contribution in [0.3, 0.4) is 0 Å². The summed E-state index contributed by atoms with van der Waals surface area (Å²) in [5, 5.41) is 5.97. The van der Waals surface area contributed by atoms with Gasteiger partial charge in [-0.05, 0) is 48.1 Å². The Hall–Kier alpha value is -1.59. The summed E-state index contributed by atoms with van der Waals surface area (Å²) in [5.41, 5.74) is 1.45. The normalized spacial score (nSPS) is 28.9. The van der Waals surface area contributed by atoms with Crippen molar-refractivity contribution in [1.29, 1.82) is 0 Å². The average molecular weight is 360 g/mol.